The fraction of sp³-hybridized carbons (Fsp3) is 0.750. The van der Waals surface area contributed by atoms with Crippen molar-refractivity contribution in [2.45, 2.75) is 25.8 Å². The minimum atomic E-state index is -2.56. The van der Waals surface area contributed by atoms with Gasteiger partial charge in [0.2, 0.25) is 11.8 Å². The van der Waals surface area contributed by atoms with Crippen LogP contribution in [-0.2, 0) is 9.59 Å². The highest BCUT2D eigenvalue weighted by molar-refractivity contribution is 5.87. The van der Waals surface area contributed by atoms with Crippen molar-refractivity contribution in [3.05, 3.63) is 0 Å². The summed E-state index contributed by atoms with van der Waals surface area (Å²) < 4.78 is 24.2. The smallest absolute Gasteiger partial charge is 0.255 e. The van der Waals surface area contributed by atoms with E-state index in [1.807, 2.05) is 0 Å². The molecule has 1 aliphatic rings. The molecule has 1 rings (SSSR count). The molecule has 1 N–H and O–H groups in total. The summed E-state index contributed by atoms with van der Waals surface area (Å²) in [6.45, 7) is 0.802. The molecule has 4 nitrogen and oxygen atoms in total. The summed E-state index contributed by atoms with van der Waals surface area (Å²) in [6.07, 6.45) is -2.48. The molecule has 6 heteroatoms. The van der Waals surface area contributed by atoms with Gasteiger partial charge in [0.15, 0.2) is 0 Å². The molecule has 1 aliphatic heterocycles. The Morgan fingerprint density at radius 3 is 2.79 bits per heavy atom. The van der Waals surface area contributed by atoms with Crippen LogP contribution in [0.25, 0.3) is 0 Å². The first-order valence-electron chi connectivity index (χ1n) is 4.35. The summed E-state index contributed by atoms with van der Waals surface area (Å²) in [5.41, 5.74) is 0. The number of amides is 2. The largest absolute Gasteiger partial charge is 0.347 e. The maximum atomic E-state index is 12.1. The van der Waals surface area contributed by atoms with Crippen molar-refractivity contribution in [1.29, 1.82) is 0 Å². The second-order valence-electron chi connectivity index (χ2n) is 3.27. The van der Waals surface area contributed by atoms with Crippen LogP contribution in [0.3, 0.4) is 0 Å². The third-order valence-electron chi connectivity index (χ3n) is 2.10. The van der Waals surface area contributed by atoms with Crippen molar-refractivity contribution in [2.75, 3.05) is 13.1 Å². The van der Waals surface area contributed by atoms with Crippen LogP contribution >= 0.6 is 0 Å². The van der Waals surface area contributed by atoms with Gasteiger partial charge in [0, 0.05) is 12.5 Å². The average molecular weight is 206 g/mol. The number of halogens is 2. The molecule has 0 spiro atoms. The predicted molar refractivity (Wildman–Crippen MR) is 44.8 cm³/mol. The first kappa shape index (κ1) is 10.9. The number of nitrogens with one attached hydrogen (secondary N) is 1. The maximum Gasteiger partial charge on any atom is 0.255 e. The van der Waals surface area contributed by atoms with E-state index >= 15 is 0 Å². The van der Waals surface area contributed by atoms with E-state index in [0.29, 0.717) is 0 Å². The van der Waals surface area contributed by atoms with Crippen molar-refractivity contribution in [2.24, 2.45) is 0 Å². The van der Waals surface area contributed by atoms with Crippen LogP contribution in [0.4, 0.5) is 8.78 Å². The summed E-state index contributed by atoms with van der Waals surface area (Å²) in [7, 11) is 0. The van der Waals surface area contributed by atoms with Crippen LogP contribution in [0, 0.1) is 0 Å². The van der Waals surface area contributed by atoms with Gasteiger partial charge in [-0.05, 0) is 6.92 Å². The molecule has 2 amide bonds. The van der Waals surface area contributed by atoms with Crippen molar-refractivity contribution < 1.29 is 18.4 Å². The van der Waals surface area contributed by atoms with Gasteiger partial charge in [-0.25, -0.2) is 8.78 Å². The van der Waals surface area contributed by atoms with E-state index in [1.54, 1.807) is 6.92 Å². The molecule has 1 atom stereocenters. The van der Waals surface area contributed by atoms with E-state index in [-0.39, 0.29) is 18.9 Å². The number of carbonyl (C=O) groups is 2. The summed E-state index contributed by atoms with van der Waals surface area (Å²) >= 11 is 0. The number of hydrogen-bond acceptors (Lipinski definition) is 2. The molecule has 1 fully saturated rings. The Kier molecular flexibility index (Phi) is 3.38. The van der Waals surface area contributed by atoms with Gasteiger partial charge in [-0.1, -0.05) is 0 Å². The van der Waals surface area contributed by atoms with E-state index in [0.717, 1.165) is 4.90 Å². The van der Waals surface area contributed by atoms with E-state index in [4.69, 9.17) is 0 Å². The summed E-state index contributed by atoms with van der Waals surface area (Å²) in [6, 6.07) is -0.459. The normalized spacial score (nSPS) is 23.7. The maximum absolute atomic E-state index is 12.1. The highest BCUT2D eigenvalue weighted by Gasteiger charge is 2.28. The Labute approximate surface area is 80.3 Å². The topological polar surface area (TPSA) is 49.4 Å². The minimum absolute atomic E-state index is 0.0818. The highest BCUT2D eigenvalue weighted by Crippen LogP contribution is 2.10. The molecule has 0 aromatic carbocycles. The van der Waals surface area contributed by atoms with Crippen molar-refractivity contribution >= 4 is 11.8 Å². The van der Waals surface area contributed by atoms with Gasteiger partial charge in [0.1, 0.15) is 0 Å². The fourth-order valence-electron chi connectivity index (χ4n) is 1.40. The SMILES string of the molecule is CC1CC(=O)NCC(=O)N1CC(F)F. The number of alkyl halides is 2. The molecule has 0 aromatic rings. The molecule has 0 aromatic heterocycles. The quantitative estimate of drug-likeness (QED) is 0.690. The predicted octanol–water partition coefficient (Wildman–Crippen LogP) is -0.0115. The zero-order valence-electron chi connectivity index (χ0n) is 7.80. The lowest BCUT2D eigenvalue weighted by Gasteiger charge is -2.25. The second kappa shape index (κ2) is 4.34. The van der Waals surface area contributed by atoms with Gasteiger partial charge < -0.3 is 10.2 Å². The van der Waals surface area contributed by atoms with Gasteiger partial charge in [-0.15, -0.1) is 0 Å². The lowest BCUT2D eigenvalue weighted by atomic mass is 10.2. The van der Waals surface area contributed by atoms with E-state index in [9.17, 15) is 18.4 Å². The number of carbonyl (C=O) groups excluding carboxylic acids is 2. The second-order valence-corrected chi connectivity index (χ2v) is 3.27. The Balaban J connectivity index is 2.68. The van der Waals surface area contributed by atoms with E-state index < -0.39 is 24.9 Å². The zero-order chi connectivity index (χ0) is 10.7. The van der Waals surface area contributed by atoms with Crippen molar-refractivity contribution in [3.8, 4) is 0 Å². The zero-order valence-corrected chi connectivity index (χ0v) is 7.80. The van der Waals surface area contributed by atoms with Crippen molar-refractivity contribution in [1.82, 2.24) is 10.2 Å². The number of nitrogens with zero attached hydrogens (tertiary/aromatic N) is 1. The van der Waals surface area contributed by atoms with Crippen LogP contribution in [0.2, 0.25) is 0 Å². The summed E-state index contributed by atoms with van der Waals surface area (Å²) in [5.74, 6) is -0.730. The Bertz CT molecular complexity index is 245. The average Bonchev–Trinajstić information content (AvgIpc) is 2.18. The third kappa shape index (κ3) is 2.65. The van der Waals surface area contributed by atoms with Crippen LogP contribution < -0.4 is 5.32 Å². The lowest BCUT2D eigenvalue weighted by Crippen LogP contribution is -2.42. The van der Waals surface area contributed by atoms with Gasteiger partial charge >= 0.3 is 0 Å². The molecule has 80 valence electrons. The van der Waals surface area contributed by atoms with Gasteiger partial charge in [-0.3, -0.25) is 9.59 Å². The Morgan fingerprint density at radius 1 is 1.57 bits per heavy atom. The first-order valence-corrected chi connectivity index (χ1v) is 4.35. The van der Waals surface area contributed by atoms with Crippen molar-refractivity contribution in [3.63, 3.8) is 0 Å². The standard InChI is InChI=1S/C8H12F2N2O2/c1-5-2-7(13)11-3-8(14)12(5)4-6(9)10/h5-6H,2-4H2,1H3,(H,11,13). The van der Waals surface area contributed by atoms with Gasteiger partial charge in [-0.2, -0.15) is 0 Å². The summed E-state index contributed by atoms with van der Waals surface area (Å²) in [5, 5.41) is 2.35. The van der Waals surface area contributed by atoms with Gasteiger partial charge in [0.25, 0.3) is 6.43 Å². The molecular weight excluding hydrogens is 194 g/mol. The van der Waals surface area contributed by atoms with E-state index in [1.165, 1.54) is 0 Å². The third-order valence-corrected chi connectivity index (χ3v) is 2.10. The molecule has 1 unspecified atom stereocenters. The van der Waals surface area contributed by atoms with Crippen LogP contribution in [0.15, 0.2) is 0 Å². The lowest BCUT2D eigenvalue weighted by molar-refractivity contribution is -0.133. The molecule has 0 bridgehead atoms. The molecule has 0 radical (unpaired) electrons. The fourth-order valence-corrected chi connectivity index (χ4v) is 1.40. The number of hydrogen-bond donors (Lipinski definition) is 1. The van der Waals surface area contributed by atoms with Crippen LogP contribution in [-0.4, -0.2) is 42.3 Å². The molecule has 1 heterocycles. The Hall–Kier alpha value is -1.20. The number of rotatable bonds is 2. The van der Waals surface area contributed by atoms with Gasteiger partial charge in [0.05, 0.1) is 13.1 Å². The molecule has 1 saturated heterocycles. The van der Waals surface area contributed by atoms with Crippen LogP contribution in [0.5, 0.6) is 0 Å². The molecular formula is C8H12F2N2O2. The van der Waals surface area contributed by atoms with E-state index in [2.05, 4.69) is 5.32 Å². The monoisotopic (exact) mass is 206 g/mol. The van der Waals surface area contributed by atoms with Crippen LogP contribution in [0.1, 0.15) is 13.3 Å². The first-order chi connectivity index (χ1) is 6.50. The molecule has 0 aliphatic carbocycles. The highest BCUT2D eigenvalue weighted by atomic mass is 19.3. The molecule has 0 saturated carbocycles. The summed E-state index contributed by atoms with van der Waals surface area (Å²) in [4.78, 5) is 23.3. The molecule has 14 heavy (non-hydrogen) atoms. The Morgan fingerprint density at radius 2 is 2.21 bits per heavy atom. The minimum Gasteiger partial charge on any atom is -0.347 e.